The summed E-state index contributed by atoms with van der Waals surface area (Å²) in [5, 5.41) is 0.240. The van der Waals surface area contributed by atoms with Gasteiger partial charge in [0, 0.05) is 34.5 Å². The molecule has 0 saturated carbocycles. The van der Waals surface area contributed by atoms with Crippen LogP contribution in [-0.2, 0) is 10.8 Å². The van der Waals surface area contributed by atoms with Crippen molar-refractivity contribution in [2.45, 2.75) is 59.3 Å². The Labute approximate surface area is 215 Å². The molecule has 0 aliphatic carbocycles. The van der Waals surface area contributed by atoms with Gasteiger partial charge in [-0.15, -0.1) is 0 Å². The molecule has 168 valence electrons. The third kappa shape index (κ3) is 3.68. The van der Waals surface area contributed by atoms with Crippen LogP contribution in [0.1, 0.15) is 76.1 Å². The zero-order valence-electron chi connectivity index (χ0n) is 32.9. The highest BCUT2D eigenvalue weighted by Crippen LogP contribution is 2.36. The van der Waals surface area contributed by atoms with E-state index < -0.39 is 64.9 Å². The molecule has 33 heavy (non-hydrogen) atoms. The van der Waals surface area contributed by atoms with Crippen LogP contribution in [0, 0.1) is 6.92 Å². The zero-order chi connectivity index (χ0) is 34.9. The average Bonchev–Trinajstić information content (AvgIpc) is 3.43. The second kappa shape index (κ2) is 7.38. The van der Waals surface area contributed by atoms with Gasteiger partial charge in [-0.25, -0.2) is 0 Å². The van der Waals surface area contributed by atoms with Gasteiger partial charge in [0.05, 0.1) is 28.9 Å². The van der Waals surface area contributed by atoms with Crippen molar-refractivity contribution in [3.05, 3.63) is 95.5 Å². The Bertz CT molecular complexity index is 2010. The van der Waals surface area contributed by atoms with Crippen molar-refractivity contribution < 1.29 is 17.8 Å². The smallest absolute Gasteiger partial charge is 0.0826 e. The average molecular weight is 448 g/mol. The number of hydrogen-bond donors (Lipinski definition) is 0. The van der Waals surface area contributed by atoms with Crippen LogP contribution in [0.15, 0.2) is 78.8 Å². The first-order valence-electron chi connectivity index (χ1n) is 17.3. The summed E-state index contributed by atoms with van der Waals surface area (Å²) in [7, 11) is 0. The van der Waals surface area contributed by atoms with E-state index in [0.29, 0.717) is 5.56 Å². The SMILES string of the molecule is [2H]c1c([2H])c(-n2c([2H])c(C(C)(C)C)c3c([2H])c([2H])c([2H])c([2H])c32)c([2H])c(-n2c([2H])c(C(C)(C)C)c3c([2H])c(C)c([2H])c([2H])c32)c1[2H]. The van der Waals surface area contributed by atoms with Crippen LogP contribution in [0.25, 0.3) is 33.2 Å². The Balaban J connectivity index is 2.10. The van der Waals surface area contributed by atoms with Crippen molar-refractivity contribution in [1.82, 2.24) is 9.13 Å². The predicted molar refractivity (Wildman–Crippen MR) is 142 cm³/mol. The van der Waals surface area contributed by atoms with E-state index in [0.717, 1.165) is 9.13 Å². The molecule has 0 saturated heterocycles. The van der Waals surface area contributed by atoms with E-state index in [1.165, 1.54) is 6.92 Å². The first-order valence-corrected chi connectivity index (χ1v) is 10.8. The first-order chi connectivity index (χ1) is 21.0. The molecule has 5 rings (SSSR count). The molecule has 0 radical (unpaired) electrons. The molecule has 2 nitrogen and oxygen atoms in total. The number of benzene rings is 3. The topological polar surface area (TPSA) is 9.86 Å². The van der Waals surface area contributed by atoms with Crippen molar-refractivity contribution >= 4 is 21.8 Å². The molecule has 5 aromatic rings. The van der Waals surface area contributed by atoms with E-state index in [9.17, 15) is 4.11 Å². The third-order valence-electron chi connectivity index (χ3n) is 5.53. The van der Waals surface area contributed by atoms with Crippen LogP contribution in [-0.4, -0.2) is 9.13 Å². The van der Waals surface area contributed by atoms with Gasteiger partial charge in [0.25, 0.3) is 0 Å². The molecule has 2 heterocycles. The van der Waals surface area contributed by atoms with Crippen LogP contribution >= 0.6 is 0 Å². The first kappa shape index (κ1) is 11.2. The summed E-state index contributed by atoms with van der Waals surface area (Å²) in [6.45, 7) is 12.3. The minimum Gasteiger partial charge on any atom is -0.316 e. The number of nitrogens with zero attached hydrogens (tertiary/aromatic N) is 2. The molecule has 0 aliphatic heterocycles. The largest absolute Gasteiger partial charge is 0.316 e. The van der Waals surface area contributed by atoms with Crippen LogP contribution in [0.5, 0.6) is 0 Å². The summed E-state index contributed by atoms with van der Waals surface area (Å²) in [5.74, 6) is 0. The van der Waals surface area contributed by atoms with E-state index in [-0.39, 0.29) is 69.1 Å². The molecule has 0 bridgehead atoms. The normalized spacial score (nSPS) is 18.2. The summed E-state index contributed by atoms with van der Waals surface area (Å²) < 4.78 is 117. The van der Waals surface area contributed by atoms with Crippen molar-refractivity contribution in [2.24, 2.45) is 0 Å². The van der Waals surface area contributed by atoms with E-state index in [4.69, 9.17) is 13.7 Å². The van der Waals surface area contributed by atoms with Crippen molar-refractivity contribution in [3.8, 4) is 11.4 Å². The molecule has 0 unspecified atom stereocenters. The second-order valence-electron chi connectivity index (χ2n) is 10.3. The Kier molecular flexibility index (Phi) is 2.51. The lowest BCUT2D eigenvalue weighted by molar-refractivity contribution is 0.594. The standard InChI is InChI=1S/C31H34N2/c1-21-15-16-29-25(17-21)27(31(5,6)7)20-33(29)23-12-10-11-22(18-23)32-19-26(30(2,3)4)24-13-8-9-14-28(24)32/h8-20H,1-7H3/i8D,9D,10D,11D,12D,13D,14D,15D,16D,17D,18D,19D,20D. The molecule has 0 fully saturated rings. The highest BCUT2D eigenvalue weighted by Gasteiger charge is 2.22. The molecule has 3 aromatic carbocycles. The van der Waals surface area contributed by atoms with Gasteiger partial charge in [0.2, 0.25) is 0 Å². The maximum absolute atomic E-state index is 9.44. The van der Waals surface area contributed by atoms with Crippen LogP contribution < -0.4 is 0 Å². The van der Waals surface area contributed by atoms with E-state index in [2.05, 4.69) is 0 Å². The number of para-hydroxylation sites is 1. The third-order valence-corrected chi connectivity index (χ3v) is 5.53. The van der Waals surface area contributed by atoms with Crippen LogP contribution in [0.4, 0.5) is 0 Å². The Morgan fingerprint density at radius 1 is 0.606 bits per heavy atom. The Hall–Kier alpha value is -3.26. The summed E-state index contributed by atoms with van der Waals surface area (Å²) in [5.41, 5.74) is -1.81. The van der Waals surface area contributed by atoms with Gasteiger partial charge in [-0.2, -0.15) is 0 Å². The van der Waals surface area contributed by atoms with Gasteiger partial charge in [0.1, 0.15) is 0 Å². The van der Waals surface area contributed by atoms with E-state index in [1.807, 2.05) is 20.8 Å². The lowest BCUT2D eigenvalue weighted by Gasteiger charge is -2.17. The summed E-state index contributed by atoms with van der Waals surface area (Å²) in [6, 6.07) is -5.21. The zero-order valence-corrected chi connectivity index (χ0v) is 19.9. The summed E-state index contributed by atoms with van der Waals surface area (Å²) >= 11 is 0. The minimum atomic E-state index is -0.829. The van der Waals surface area contributed by atoms with Crippen molar-refractivity contribution in [3.63, 3.8) is 0 Å². The molecule has 0 aliphatic rings. The fraction of sp³-hybridized carbons (Fsp3) is 0.290. The monoisotopic (exact) mass is 447 g/mol. The van der Waals surface area contributed by atoms with Crippen molar-refractivity contribution in [1.29, 1.82) is 0 Å². The molecule has 0 N–H and O–H groups in total. The number of fused-ring (bicyclic) bond motifs is 2. The molecule has 0 amide bonds. The minimum absolute atomic E-state index is 0.0366. The molecule has 0 spiro atoms. The van der Waals surface area contributed by atoms with Gasteiger partial charge < -0.3 is 9.13 Å². The fourth-order valence-electron chi connectivity index (χ4n) is 3.91. The number of aromatic nitrogens is 2. The molecule has 2 heteroatoms. The van der Waals surface area contributed by atoms with Crippen LogP contribution in [0.3, 0.4) is 0 Å². The number of hydrogen-bond acceptors (Lipinski definition) is 0. The van der Waals surface area contributed by atoms with E-state index >= 15 is 0 Å². The van der Waals surface area contributed by atoms with Gasteiger partial charge in [0.15, 0.2) is 0 Å². The Morgan fingerprint density at radius 2 is 1.15 bits per heavy atom. The maximum Gasteiger partial charge on any atom is 0.0826 e. The van der Waals surface area contributed by atoms with Gasteiger partial charge >= 0.3 is 0 Å². The van der Waals surface area contributed by atoms with Crippen LogP contribution in [0.2, 0.25) is 0 Å². The summed E-state index contributed by atoms with van der Waals surface area (Å²) in [6.07, 6.45) is -0.586. The number of rotatable bonds is 2. The quantitative estimate of drug-likeness (QED) is 0.257. The molecular formula is C31H34N2. The predicted octanol–water partition coefficient (Wildman–Crippen LogP) is 8.48. The Morgan fingerprint density at radius 3 is 1.76 bits per heavy atom. The van der Waals surface area contributed by atoms with Gasteiger partial charge in [-0.05, 0) is 65.1 Å². The lowest BCUT2D eigenvalue weighted by atomic mass is 9.86. The molecule has 0 atom stereocenters. The van der Waals surface area contributed by atoms with Gasteiger partial charge in [-0.1, -0.05) is 77.3 Å². The summed E-state index contributed by atoms with van der Waals surface area (Å²) in [4.78, 5) is 0. The van der Waals surface area contributed by atoms with Crippen molar-refractivity contribution in [2.75, 3.05) is 0 Å². The van der Waals surface area contributed by atoms with Gasteiger partial charge in [-0.3, -0.25) is 0 Å². The second-order valence-corrected chi connectivity index (χ2v) is 10.3. The fourth-order valence-corrected chi connectivity index (χ4v) is 3.91. The molecular weight excluding hydrogens is 400 g/mol. The highest BCUT2D eigenvalue weighted by atomic mass is 15.0. The lowest BCUT2D eigenvalue weighted by Crippen LogP contribution is -2.10. The molecule has 2 aromatic heterocycles. The highest BCUT2D eigenvalue weighted by molar-refractivity contribution is 5.88. The maximum atomic E-state index is 9.44. The van der Waals surface area contributed by atoms with E-state index in [1.54, 1.807) is 20.8 Å².